The Hall–Kier alpha value is -3.19. The highest BCUT2D eigenvalue weighted by Gasteiger charge is 2.21. The van der Waals surface area contributed by atoms with Crippen LogP contribution in [0.25, 0.3) is 10.9 Å². The van der Waals surface area contributed by atoms with Gasteiger partial charge in [-0.3, -0.25) is 4.79 Å². The number of aromatic carboxylic acids is 1. The molecule has 1 aliphatic heterocycles. The Morgan fingerprint density at radius 2 is 1.83 bits per heavy atom. The van der Waals surface area contributed by atoms with Gasteiger partial charge in [-0.05, 0) is 37.2 Å². The van der Waals surface area contributed by atoms with Crippen LogP contribution in [-0.4, -0.2) is 53.8 Å². The molecule has 2 heterocycles. The summed E-state index contributed by atoms with van der Waals surface area (Å²) in [7, 11) is 2.03. The molecule has 1 aromatic heterocycles. The number of pyridine rings is 1. The number of likely N-dealkylation sites (N-methyl/N-ethyl adjacent to an activating group) is 1. The highest BCUT2D eigenvalue weighted by atomic mass is 19.1. The van der Waals surface area contributed by atoms with Crippen molar-refractivity contribution >= 4 is 22.6 Å². The maximum Gasteiger partial charge on any atom is 0.341 e. The molecule has 2 aromatic carbocycles. The number of carbonyl (C=O) groups is 1. The molecular weight excluding hydrogens is 385 g/mol. The third-order valence-electron chi connectivity index (χ3n) is 5.83. The van der Waals surface area contributed by atoms with Crippen molar-refractivity contribution in [1.82, 2.24) is 9.47 Å². The Bertz CT molecular complexity index is 1180. The van der Waals surface area contributed by atoms with Gasteiger partial charge in [0.05, 0.1) is 11.2 Å². The third-order valence-corrected chi connectivity index (χ3v) is 5.83. The van der Waals surface area contributed by atoms with Crippen molar-refractivity contribution in [2.45, 2.75) is 13.5 Å². The molecule has 0 saturated carbocycles. The van der Waals surface area contributed by atoms with E-state index in [2.05, 4.69) is 4.90 Å². The number of fused-ring (bicyclic) bond motifs is 1. The number of halogens is 1. The molecule has 6 nitrogen and oxygen atoms in total. The summed E-state index contributed by atoms with van der Waals surface area (Å²) in [5, 5.41) is 9.59. The fraction of sp³-hybridized carbons (Fsp3) is 0.304. The molecule has 0 atom stereocenters. The number of hydrogen-bond donors (Lipinski definition) is 1. The molecule has 0 radical (unpaired) electrons. The summed E-state index contributed by atoms with van der Waals surface area (Å²) in [5.74, 6) is -1.82. The van der Waals surface area contributed by atoms with E-state index >= 15 is 0 Å². The minimum atomic E-state index is -1.32. The molecular formula is C23H24FN3O3. The van der Waals surface area contributed by atoms with Crippen LogP contribution in [0.4, 0.5) is 10.1 Å². The molecule has 30 heavy (non-hydrogen) atoms. The van der Waals surface area contributed by atoms with E-state index in [1.54, 1.807) is 10.6 Å². The zero-order chi connectivity index (χ0) is 21.4. The number of piperazine rings is 1. The minimum Gasteiger partial charge on any atom is -0.477 e. The van der Waals surface area contributed by atoms with Gasteiger partial charge in [-0.25, -0.2) is 9.18 Å². The summed E-state index contributed by atoms with van der Waals surface area (Å²) in [5.41, 5.74) is 2.01. The molecule has 0 spiro atoms. The van der Waals surface area contributed by atoms with Crippen molar-refractivity contribution in [3.63, 3.8) is 0 Å². The van der Waals surface area contributed by atoms with Crippen LogP contribution >= 0.6 is 0 Å². The first kappa shape index (κ1) is 20.1. The standard InChI is InChI=1S/C23H24FN3O3/c1-15-5-3-4-6-16(15)13-27-14-18(23(29)30)22(28)17-11-19(24)21(12-20(17)27)26-9-7-25(2)8-10-26/h3-6,11-12,14H,7-10,13H2,1-2H3,(H,29,30). The largest absolute Gasteiger partial charge is 0.477 e. The summed E-state index contributed by atoms with van der Waals surface area (Å²) in [6, 6.07) is 10.7. The smallest absolute Gasteiger partial charge is 0.341 e. The van der Waals surface area contributed by atoms with Gasteiger partial charge in [-0.1, -0.05) is 24.3 Å². The van der Waals surface area contributed by atoms with Crippen molar-refractivity contribution in [1.29, 1.82) is 0 Å². The van der Waals surface area contributed by atoms with E-state index in [0.717, 1.165) is 24.2 Å². The summed E-state index contributed by atoms with van der Waals surface area (Å²) >= 11 is 0. The predicted octanol–water partition coefficient (Wildman–Crippen LogP) is 2.95. The maximum atomic E-state index is 15.0. The highest BCUT2D eigenvalue weighted by Crippen LogP contribution is 2.27. The van der Waals surface area contributed by atoms with Crippen LogP contribution in [0, 0.1) is 12.7 Å². The fourth-order valence-electron chi connectivity index (χ4n) is 3.94. The van der Waals surface area contributed by atoms with Crippen molar-refractivity contribution in [3.8, 4) is 0 Å². The second-order valence-electron chi connectivity index (χ2n) is 7.84. The molecule has 7 heteroatoms. The number of hydrogen-bond acceptors (Lipinski definition) is 4. The molecule has 0 aliphatic carbocycles. The lowest BCUT2D eigenvalue weighted by atomic mass is 10.1. The van der Waals surface area contributed by atoms with E-state index in [0.29, 0.717) is 30.8 Å². The first-order valence-electron chi connectivity index (χ1n) is 9.93. The number of carboxylic acid groups (broad SMARTS) is 1. The Labute approximate surface area is 173 Å². The number of aromatic nitrogens is 1. The second kappa shape index (κ2) is 7.91. The van der Waals surface area contributed by atoms with Crippen LogP contribution in [0.15, 0.2) is 47.4 Å². The average Bonchev–Trinajstić information content (AvgIpc) is 2.72. The Balaban J connectivity index is 1.90. The molecule has 1 fully saturated rings. The van der Waals surface area contributed by atoms with E-state index < -0.39 is 17.2 Å². The molecule has 4 rings (SSSR count). The van der Waals surface area contributed by atoms with Gasteiger partial charge >= 0.3 is 5.97 Å². The lowest BCUT2D eigenvalue weighted by molar-refractivity contribution is 0.0695. The zero-order valence-corrected chi connectivity index (χ0v) is 17.1. The van der Waals surface area contributed by atoms with E-state index in [-0.39, 0.29) is 10.9 Å². The van der Waals surface area contributed by atoms with E-state index in [9.17, 15) is 19.1 Å². The normalized spacial score (nSPS) is 15.0. The third kappa shape index (κ3) is 3.68. The van der Waals surface area contributed by atoms with Crippen molar-refractivity contribution in [3.05, 3.63) is 75.3 Å². The first-order chi connectivity index (χ1) is 14.3. The van der Waals surface area contributed by atoms with Crippen LogP contribution in [-0.2, 0) is 6.54 Å². The fourth-order valence-corrected chi connectivity index (χ4v) is 3.94. The number of rotatable bonds is 4. The number of carboxylic acids is 1. The molecule has 3 aromatic rings. The summed E-state index contributed by atoms with van der Waals surface area (Å²) in [4.78, 5) is 28.5. The minimum absolute atomic E-state index is 0.0823. The number of aryl methyl sites for hydroxylation is 1. The highest BCUT2D eigenvalue weighted by molar-refractivity contribution is 5.93. The van der Waals surface area contributed by atoms with Gasteiger partial charge < -0.3 is 19.5 Å². The van der Waals surface area contributed by atoms with Crippen LogP contribution < -0.4 is 10.3 Å². The van der Waals surface area contributed by atoms with Crippen LogP contribution in [0.2, 0.25) is 0 Å². The molecule has 0 unspecified atom stereocenters. The average molecular weight is 409 g/mol. The first-order valence-corrected chi connectivity index (χ1v) is 9.93. The van der Waals surface area contributed by atoms with Crippen LogP contribution in [0.3, 0.4) is 0 Å². The van der Waals surface area contributed by atoms with Crippen molar-refractivity contribution in [2.75, 3.05) is 38.1 Å². The van der Waals surface area contributed by atoms with E-state index in [1.807, 2.05) is 43.1 Å². The maximum absolute atomic E-state index is 15.0. The lowest BCUT2D eigenvalue weighted by Crippen LogP contribution is -2.44. The number of anilines is 1. The van der Waals surface area contributed by atoms with Gasteiger partial charge in [0.15, 0.2) is 0 Å². The van der Waals surface area contributed by atoms with Crippen LogP contribution in [0.5, 0.6) is 0 Å². The van der Waals surface area contributed by atoms with Gasteiger partial charge in [0, 0.05) is 44.3 Å². The Kier molecular flexibility index (Phi) is 5.30. The zero-order valence-electron chi connectivity index (χ0n) is 17.1. The van der Waals surface area contributed by atoms with Gasteiger partial charge in [0.1, 0.15) is 11.4 Å². The summed E-state index contributed by atoms with van der Waals surface area (Å²) in [6.07, 6.45) is 1.37. The molecule has 0 bridgehead atoms. The van der Waals surface area contributed by atoms with E-state index in [4.69, 9.17) is 0 Å². The van der Waals surface area contributed by atoms with Crippen molar-refractivity contribution in [2.24, 2.45) is 0 Å². The molecule has 156 valence electrons. The predicted molar refractivity (Wildman–Crippen MR) is 115 cm³/mol. The Morgan fingerprint density at radius 3 is 2.50 bits per heavy atom. The second-order valence-corrected chi connectivity index (χ2v) is 7.84. The quantitative estimate of drug-likeness (QED) is 0.718. The van der Waals surface area contributed by atoms with Gasteiger partial charge in [0.2, 0.25) is 5.43 Å². The Morgan fingerprint density at radius 1 is 1.13 bits per heavy atom. The summed E-state index contributed by atoms with van der Waals surface area (Å²) in [6.45, 7) is 5.39. The molecule has 1 saturated heterocycles. The SMILES string of the molecule is Cc1ccccc1Cn1cc(C(=O)O)c(=O)c2cc(F)c(N3CCN(C)CC3)cc21. The van der Waals surface area contributed by atoms with Gasteiger partial charge in [0.25, 0.3) is 0 Å². The van der Waals surface area contributed by atoms with Crippen LogP contribution in [0.1, 0.15) is 21.5 Å². The monoisotopic (exact) mass is 409 g/mol. The molecule has 0 amide bonds. The van der Waals surface area contributed by atoms with E-state index in [1.165, 1.54) is 12.3 Å². The van der Waals surface area contributed by atoms with Crippen molar-refractivity contribution < 1.29 is 14.3 Å². The summed E-state index contributed by atoms with van der Waals surface area (Å²) < 4.78 is 16.7. The van der Waals surface area contributed by atoms with Gasteiger partial charge in [-0.2, -0.15) is 0 Å². The lowest BCUT2D eigenvalue weighted by Gasteiger charge is -2.34. The van der Waals surface area contributed by atoms with Gasteiger partial charge in [-0.15, -0.1) is 0 Å². The number of benzene rings is 2. The molecule has 1 aliphatic rings. The molecule has 1 N–H and O–H groups in total. The number of nitrogens with zero attached hydrogens (tertiary/aromatic N) is 3. The topological polar surface area (TPSA) is 65.8 Å².